The number of halogens is 2. The number of aromatic nitrogens is 6. The molecule has 2 aromatic carbocycles. The highest BCUT2D eigenvalue weighted by Gasteiger charge is 2.39. The van der Waals surface area contributed by atoms with Crippen molar-refractivity contribution in [3.8, 4) is 11.6 Å². The van der Waals surface area contributed by atoms with E-state index < -0.39 is 0 Å². The molecule has 0 saturated heterocycles. The van der Waals surface area contributed by atoms with E-state index in [0.29, 0.717) is 11.1 Å². The monoisotopic (exact) mass is 580 g/mol. The second-order valence-corrected chi connectivity index (χ2v) is 10.3. The zero-order chi connectivity index (χ0) is 25.9. The van der Waals surface area contributed by atoms with Gasteiger partial charge in [0.1, 0.15) is 0 Å². The van der Waals surface area contributed by atoms with Crippen LogP contribution in [-0.2, 0) is 39.0 Å². The molecular formula is C30H34Cl2N6O2. The van der Waals surface area contributed by atoms with Gasteiger partial charge in [-0.2, -0.15) is 0 Å². The minimum Gasteiger partial charge on any atom is -1.00 e. The lowest BCUT2D eigenvalue weighted by molar-refractivity contribution is -0.721. The molecule has 0 fully saturated rings. The van der Waals surface area contributed by atoms with Crippen molar-refractivity contribution in [3.63, 3.8) is 0 Å². The third-order valence-electron chi connectivity index (χ3n) is 7.70. The fourth-order valence-corrected chi connectivity index (χ4v) is 5.72. The van der Waals surface area contributed by atoms with E-state index in [2.05, 4.69) is 9.13 Å². The summed E-state index contributed by atoms with van der Waals surface area (Å²) in [5.74, 6) is 3.88. The standard InChI is InChI=1S/C30H34N6O2.2ClH/c37-25(23-13-5-1-6-14-23)21-35-27-17-9-3-11-19-33(27)29(31-35)30-32-36(28-18-10-4-12-20-34(28)30)22-26(38)24-15-7-2-8-16-24;;/h1-2,5-8,13-16H,3-4,9-12,17-22H2;2*1H/q+2;;/p-2. The van der Waals surface area contributed by atoms with E-state index in [1.54, 1.807) is 0 Å². The summed E-state index contributed by atoms with van der Waals surface area (Å²) in [6.07, 6.45) is 8.38. The van der Waals surface area contributed by atoms with Crippen LogP contribution in [0.4, 0.5) is 0 Å². The van der Waals surface area contributed by atoms with Gasteiger partial charge in [-0.25, -0.2) is 9.13 Å². The number of rotatable bonds is 7. The molecule has 2 aliphatic heterocycles. The van der Waals surface area contributed by atoms with Crippen molar-refractivity contribution in [2.24, 2.45) is 0 Å². The summed E-state index contributed by atoms with van der Waals surface area (Å²) in [6.45, 7) is 2.13. The number of carbonyl (C=O) groups is 2. The van der Waals surface area contributed by atoms with E-state index in [4.69, 9.17) is 10.2 Å². The molecule has 0 unspecified atom stereocenters. The number of benzene rings is 2. The van der Waals surface area contributed by atoms with Crippen molar-refractivity contribution < 1.29 is 43.5 Å². The minimum atomic E-state index is 0. The van der Waals surface area contributed by atoms with Gasteiger partial charge in [-0.15, -0.1) is 9.36 Å². The Kier molecular flexibility index (Phi) is 9.87. The molecule has 0 N–H and O–H groups in total. The van der Waals surface area contributed by atoms with Gasteiger partial charge in [-0.05, 0) is 38.5 Å². The molecule has 10 heteroatoms. The fourth-order valence-electron chi connectivity index (χ4n) is 5.72. The molecule has 2 aliphatic rings. The molecule has 8 nitrogen and oxygen atoms in total. The zero-order valence-electron chi connectivity index (χ0n) is 22.5. The molecule has 0 spiro atoms. The highest BCUT2D eigenvalue weighted by atomic mass is 35.5. The van der Waals surface area contributed by atoms with E-state index in [0.717, 1.165) is 87.8 Å². The van der Waals surface area contributed by atoms with Crippen molar-refractivity contribution in [3.05, 3.63) is 83.4 Å². The molecule has 40 heavy (non-hydrogen) atoms. The van der Waals surface area contributed by atoms with Crippen molar-refractivity contribution in [2.75, 3.05) is 0 Å². The first-order chi connectivity index (χ1) is 18.7. The third-order valence-corrected chi connectivity index (χ3v) is 7.70. The molecule has 4 aromatic rings. The summed E-state index contributed by atoms with van der Waals surface area (Å²) in [7, 11) is 0. The van der Waals surface area contributed by atoms with Gasteiger partial charge in [0.25, 0.3) is 0 Å². The number of ketones is 2. The van der Waals surface area contributed by atoms with Crippen LogP contribution in [0.5, 0.6) is 0 Å². The molecule has 4 heterocycles. The Balaban J connectivity index is 0.00000185. The Morgan fingerprint density at radius 3 is 1.40 bits per heavy atom. The van der Waals surface area contributed by atoms with Gasteiger partial charge in [0.05, 0.1) is 23.3 Å². The zero-order valence-corrected chi connectivity index (χ0v) is 24.0. The summed E-state index contributed by atoms with van der Waals surface area (Å²) >= 11 is 0. The van der Waals surface area contributed by atoms with Gasteiger partial charge < -0.3 is 24.8 Å². The first kappa shape index (κ1) is 29.6. The Morgan fingerprint density at radius 2 is 1.00 bits per heavy atom. The number of hydrogen-bond acceptors (Lipinski definition) is 4. The molecule has 0 aliphatic carbocycles. The summed E-state index contributed by atoms with van der Waals surface area (Å²) in [5, 5.41) is 10.1. The van der Waals surface area contributed by atoms with Crippen LogP contribution in [0.3, 0.4) is 0 Å². The highest BCUT2D eigenvalue weighted by Crippen LogP contribution is 2.19. The average Bonchev–Trinajstić information content (AvgIpc) is 3.21. The SMILES string of the molecule is O=C(Cn1nc(-c2nn(CC(=O)c3ccccc3)c3[n+]2CCCCC3)[n+]2c1CCCCC2)c1ccccc1.[Cl-].[Cl-]. The van der Waals surface area contributed by atoms with Crippen LogP contribution >= 0.6 is 0 Å². The van der Waals surface area contributed by atoms with Crippen LogP contribution < -0.4 is 33.9 Å². The molecule has 6 rings (SSSR count). The van der Waals surface area contributed by atoms with E-state index in [-0.39, 0.29) is 49.5 Å². The predicted octanol–water partition coefficient (Wildman–Crippen LogP) is -2.45. The lowest BCUT2D eigenvalue weighted by Gasteiger charge is -2.01. The highest BCUT2D eigenvalue weighted by molar-refractivity contribution is 5.96. The Morgan fingerprint density at radius 1 is 0.600 bits per heavy atom. The van der Waals surface area contributed by atoms with Crippen molar-refractivity contribution >= 4 is 11.6 Å². The minimum absolute atomic E-state index is 0. The maximum Gasteiger partial charge on any atom is 0.382 e. The summed E-state index contributed by atoms with van der Waals surface area (Å²) in [5.41, 5.74) is 1.40. The summed E-state index contributed by atoms with van der Waals surface area (Å²) < 4.78 is 8.34. The van der Waals surface area contributed by atoms with Crippen LogP contribution in [0.15, 0.2) is 60.7 Å². The molecule has 2 aromatic heterocycles. The number of carbonyl (C=O) groups excluding carboxylic acids is 2. The molecular weight excluding hydrogens is 547 g/mol. The van der Waals surface area contributed by atoms with Crippen LogP contribution in [0, 0.1) is 0 Å². The normalized spacial score (nSPS) is 14.5. The van der Waals surface area contributed by atoms with Crippen LogP contribution in [0.1, 0.15) is 70.9 Å². The van der Waals surface area contributed by atoms with E-state index >= 15 is 0 Å². The third kappa shape index (κ3) is 6.03. The Hall–Kier alpha value is -3.36. The predicted molar refractivity (Wildman–Crippen MR) is 140 cm³/mol. The van der Waals surface area contributed by atoms with Crippen molar-refractivity contribution in [1.29, 1.82) is 0 Å². The maximum absolute atomic E-state index is 13.1. The van der Waals surface area contributed by atoms with Crippen LogP contribution in [-0.4, -0.2) is 31.1 Å². The second-order valence-electron chi connectivity index (χ2n) is 10.3. The van der Waals surface area contributed by atoms with Crippen LogP contribution in [0.25, 0.3) is 11.6 Å². The average molecular weight is 582 g/mol. The Labute approximate surface area is 246 Å². The van der Waals surface area contributed by atoms with Crippen LogP contribution in [0.2, 0.25) is 0 Å². The molecule has 0 atom stereocenters. The van der Waals surface area contributed by atoms with Crippen molar-refractivity contribution in [2.45, 2.75) is 77.5 Å². The fraction of sp³-hybridized carbons (Fsp3) is 0.400. The van der Waals surface area contributed by atoms with E-state index in [9.17, 15) is 9.59 Å². The second kappa shape index (κ2) is 13.3. The first-order valence-electron chi connectivity index (χ1n) is 13.8. The number of fused-ring (bicyclic) bond motifs is 2. The topological polar surface area (TPSA) is 77.5 Å². The largest absolute Gasteiger partial charge is 1.00 e. The lowest BCUT2D eigenvalue weighted by Crippen LogP contribution is -3.00. The quantitative estimate of drug-likeness (QED) is 0.180. The number of nitrogens with zero attached hydrogens (tertiary/aromatic N) is 6. The Bertz CT molecular complexity index is 1350. The first-order valence-corrected chi connectivity index (χ1v) is 13.8. The number of hydrogen-bond donors (Lipinski definition) is 0. The maximum atomic E-state index is 13.1. The molecule has 0 bridgehead atoms. The van der Waals surface area contributed by atoms with Gasteiger partial charge >= 0.3 is 11.6 Å². The molecule has 0 radical (unpaired) electrons. The smallest absolute Gasteiger partial charge is 0.382 e. The molecule has 210 valence electrons. The summed E-state index contributed by atoms with van der Waals surface area (Å²) in [6, 6.07) is 18.9. The number of Topliss-reactive ketones (excluding diaryl/α,β-unsaturated/α-hetero) is 2. The van der Waals surface area contributed by atoms with Gasteiger partial charge in [-0.1, -0.05) is 60.7 Å². The summed E-state index contributed by atoms with van der Waals surface area (Å²) in [4.78, 5) is 26.3. The molecule has 0 amide bonds. The van der Waals surface area contributed by atoms with Crippen molar-refractivity contribution in [1.82, 2.24) is 19.6 Å². The lowest BCUT2D eigenvalue weighted by atomic mass is 10.1. The molecule has 0 saturated carbocycles. The van der Waals surface area contributed by atoms with Gasteiger partial charge in [0.15, 0.2) is 24.7 Å². The van der Waals surface area contributed by atoms with Gasteiger partial charge in [-0.3, -0.25) is 9.59 Å². The van der Waals surface area contributed by atoms with E-state index in [1.165, 1.54) is 0 Å². The van der Waals surface area contributed by atoms with Gasteiger partial charge in [0.2, 0.25) is 11.6 Å². The van der Waals surface area contributed by atoms with Gasteiger partial charge in [0, 0.05) is 24.0 Å². The van der Waals surface area contributed by atoms with E-state index in [1.807, 2.05) is 70.0 Å².